The molecule has 2 rings (SSSR count). The zero-order valence-electron chi connectivity index (χ0n) is 33.7. The van der Waals surface area contributed by atoms with E-state index in [2.05, 4.69) is 48.5 Å². The van der Waals surface area contributed by atoms with Crippen LogP contribution in [0.1, 0.15) is 5.56 Å². The Morgan fingerprint density at radius 2 is 1.05 bits per heavy atom. The van der Waals surface area contributed by atoms with Gasteiger partial charge in [-0.3, -0.25) is 20.2 Å². The molecule has 0 saturated carbocycles. The highest BCUT2D eigenvalue weighted by Gasteiger charge is 2.24. The second-order valence-electron chi connectivity index (χ2n) is 9.25. The summed E-state index contributed by atoms with van der Waals surface area (Å²) in [5.74, 6) is -1.33. The van der Waals surface area contributed by atoms with Crippen LogP contribution in [0.15, 0.2) is 42.5 Å². The Hall–Kier alpha value is -5.06. The summed E-state index contributed by atoms with van der Waals surface area (Å²) in [5.41, 5.74) is -4.76. The van der Waals surface area contributed by atoms with E-state index in [1.807, 2.05) is 36.6 Å². The van der Waals surface area contributed by atoms with Gasteiger partial charge in [-0.2, -0.15) is 0 Å². The third kappa shape index (κ3) is 49.6. The van der Waals surface area contributed by atoms with Gasteiger partial charge in [0.05, 0.1) is 14.2 Å². The van der Waals surface area contributed by atoms with Crippen molar-refractivity contribution in [1.29, 1.82) is 0 Å². The number of ether oxygens (including phenoxy) is 11. The summed E-state index contributed by atoms with van der Waals surface area (Å²) in [7, 11) is 5.26. The minimum Gasteiger partial charge on any atom is -0.466 e. The third-order valence-electron chi connectivity index (χ3n) is 5.09. The maximum absolute atomic E-state index is 11.0. The average molecular weight is 1060 g/mol. The summed E-state index contributed by atoms with van der Waals surface area (Å²) in [6.45, 7) is -1.30. The lowest BCUT2D eigenvalue weighted by molar-refractivity contribution is -0.144. The molecule has 2 N–H and O–H groups in total. The SMILES string of the molecule is COC(=O)COC(=O)Cl.COC(=O)NCOC(=O)Cl.COC(COC(=O)Cl)OC.CSCOC(=O)Cl.O=C(Cl)OCN1C(=O)C=CC1=O.O=C(Cl)OCNC(=O)OCc1ccccc1. The van der Waals surface area contributed by atoms with Crippen molar-refractivity contribution < 1.29 is 105 Å². The van der Waals surface area contributed by atoms with Crippen LogP contribution >= 0.6 is 81.4 Å². The first-order valence-electron chi connectivity index (χ1n) is 15.9. The fourth-order valence-electron chi connectivity index (χ4n) is 2.47. The lowest BCUT2D eigenvalue weighted by atomic mass is 10.2. The number of hydrogen-bond acceptors (Lipinski definition) is 23. The zero-order chi connectivity index (χ0) is 49.9. The molecule has 1 aromatic rings. The highest BCUT2D eigenvalue weighted by Crippen LogP contribution is 2.04. The molecular formula is C32H39Cl6N3O22S. The van der Waals surface area contributed by atoms with E-state index in [4.69, 9.17) is 83.8 Å². The van der Waals surface area contributed by atoms with Gasteiger partial charge in [0.25, 0.3) is 11.8 Å². The number of imide groups is 1. The summed E-state index contributed by atoms with van der Waals surface area (Å²) in [5, 5.41) is 4.27. The number of nitrogens with one attached hydrogen (secondary N) is 2. The number of halogens is 6. The Balaban J connectivity index is -0.000000344. The molecule has 0 aliphatic carbocycles. The second-order valence-corrected chi connectivity index (χ2v) is 11.9. The molecular weight excluding hydrogens is 1020 g/mol. The number of rotatable bonds is 16. The summed E-state index contributed by atoms with van der Waals surface area (Å²) < 4.78 is 47.8. The van der Waals surface area contributed by atoms with E-state index in [0.717, 1.165) is 22.6 Å². The quantitative estimate of drug-likeness (QED) is 0.0597. The summed E-state index contributed by atoms with van der Waals surface area (Å²) >= 11 is 30.2. The van der Waals surface area contributed by atoms with Gasteiger partial charge < -0.3 is 52.1 Å². The summed E-state index contributed by atoms with van der Waals surface area (Å²) in [6.07, 6.45) is 2.09. The first-order chi connectivity index (χ1) is 30.1. The summed E-state index contributed by atoms with van der Waals surface area (Å²) in [6, 6.07) is 9.19. The number of esters is 1. The van der Waals surface area contributed by atoms with Gasteiger partial charge in [0, 0.05) is 96.0 Å². The van der Waals surface area contributed by atoms with Crippen LogP contribution in [0.3, 0.4) is 0 Å². The predicted molar refractivity (Wildman–Crippen MR) is 223 cm³/mol. The maximum Gasteiger partial charge on any atom is 0.410 e. The summed E-state index contributed by atoms with van der Waals surface area (Å²) in [4.78, 5) is 113. The molecule has 25 nitrogen and oxygen atoms in total. The Morgan fingerprint density at radius 3 is 1.42 bits per heavy atom. The number of thioether (sulfide) groups is 1. The number of methoxy groups -OCH3 is 4. The van der Waals surface area contributed by atoms with Crippen LogP contribution in [0.5, 0.6) is 0 Å². The number of hydrogen-bond donors (Lipinski definition) is 2. The number of nitrogens with zero attached hydrogens (tertiary/aromatic N) is 1. The minimum absolute atomic E-state index is 0.00926. The molecule has 64 heavy (non-hydrogen) atoms. The third-order valence-corrected chi connectivity index (χ3v) is 6.10. The van der Waals surface area contributed by atoms with E-state index < -0.39 is 82.2 Å². The molecule has 0 saturated heterocycles. The van der Waals surface area contributed by atoms with Gasteiger partial charge in [0.15, 0.2) is 33.1 Å². The van der Waals surface area contributed by atoms with E-state index in [-0.39, 0.29) is 26.7 Å². The lowest BCUT2D eigenvalue weighted by Gasteiger charge is -2.11. The normalized spacial score (nSPS) is 10.2. The van der Waals surface area contributed by atoms with Crippen LogP contribution in [0.4, 0.5) is 38.4 Å². The molecule has 1 aromatic carbocycles. The predicted octanol–water partition coefficient (Wildman–Crippen LogP) is 6.36. The van der Waals surface area contributed by atoms with Crippen LogP contribution in [-0.4, -0.2) is 148 Å². The first kappa shape index (κ1) is 65.6. The largest absolute Gasteiger partial charge is 0.466 e. The smallest absolute Gasteiger partial charge is 0.410 e. The highest BCUT2D eigenvalue weighted by atomic mass is 35.5. The van der Waals surface area contributed by atoms with Gasteiger partial charge in [0.1, 0.15) is 19.2 Å². The number of alkyl carbamates (subject to hydrolysis) is 2. The van der Waals surface area contributed by atoms with Gasteiger partial charge in [0.2, 0.25) is 0 Å². The van der Waals surface area contributed by atoms with Crippen molar-refractivity contribution in [2.75, 3.05) is 74.0 Å². The maximum atomic E-state index is 11.0. The van der Waals surface area contributed by atoms with Crippen molar-refractivity contribution in [2.24, 2.45) is 0 Å². The van der Waals surface area contributed by atoms with Gasteiger partial charge >= 0.3 is 50.7 Å². The van der Waals surface area contributed by atoms with E-state index in [1.54, 1.807) is 0 Å². The number of carbonyl (C=O) groups is 11. The molecule has 0 radical (unpaired) electrons. The van der Waals surface area contributed by atoms with E-state index >= 15 is 0 Å². The van der Waals surface area contributed by atoms with Crippen LogP contribution in [0, 0.1) is 0 Å². The second kappa shape index (κ2) is 44.5. The van der Waals surface area contributed by atoms with Crippen LogP contribution < -0.4 is 10.6 Å². The molecule has 0 spiro atoms. The van der Waals surface area contributed by atoms with E-state index in [9.17, 15) is 52.7 Å². The topological polar surface area (TPSA) is 317 Å². The zero-order valence-corrected chi connectivity index (χ0v) is 39.0. The standard InChI is InChI=1S/C10H10ClNO4.C6H4ClNO4.C5H9ClO4.C4H6ClNO4.C4H5ClO4.C3H5ClO2S/c11-9(13)16-7-12-10(14)15-6-8-4-2-1-3-5-8;7-6(11)12-3-8-4(9)1-2-5(8)10;1-8-4(9-2)3-10-5(6)7;1-9-4(8)6-2-10-3(5)7;1-8-3(6)2-9-4(5)7;1-7-2-6-3(4)5/h1-5H,6-7H2,(H,12,14);1-2H,3H2;4H,3H2,1-2H3;2H2,1H3,(H,6,8);2H2,1H3;2H2,1H3. The Labute approximate surface area is 397 Å². The molecule has 0 unspecified atom stereocenters. The molecule has 0 atom stereocenters. The highest BCUT2D eigenvalue weighted by molar-refractivity contribution is 7.98. The number of benzene rings is 1. The van der Waals surface area contributed by atoms with Gasteiger partial charge in [-0.25, -0.2) is 48.1 Å². The fraction of sp³-hybridized carbons (Fsp3) is 0.406. The van der Waals surface area contributed by atoms with Gasteiger partial charge in [-0.1, -0.05) is 30.3 Å². The van der Waals surface area contributed by atoms with Crippen molar-refractivity contribution >= 4 is 144 Å². The van der Waals surface area contributed by atoms with Crippen molar-refractivity contribution in [3.8, 4) is 0 Å². The van der Waals surface area contributed by atoms with Gasteiger partial charge in [-0.05, 0) is 11.8 Å². The molecule has 0 aromatic heterocycles. The van der Waals surface area contributed by atoms with Gasteiger partial charge in [-0.15, -0.1) is 11.8 Å². The fourth-order valence-corrected chi connectivity index (χ4v) is 3.09. The van der Waals surface area contributed by atoms with Crippen LogP contribution in [-0.2, 0) is 73.1 Å². The van der Waals surface area contributed by atoms with Crippen molar-refractivity contribution in [1.82, 2.24) is 15.5 Å². The molecule has 1 aliphatic rings. The molecule has 4 amide bonds. The lowest BCUT2D eigenvalue weighted by Crippen LogP contribution is -2.32. The first-order valence-corrected chi connectivity index (χ1v) is 19.6. The van der Waals surface area contributed by atoms with Crippen molar-refractivity contribution in [2.45, 2.75) is 12.9 Å². The van der Waals surface area contributed by atoms with Crippen molar-refractivity contribution in [3.63, 3.8) is 0 Å². The molecule has 1 aliphatic heterocycles. The Morgan fingerprint density at radius 1 is 0.594 bits per heavy atom. The molecule has 0 fully saturated rings. The molecule has 1 heterocycles. The number of carbonyl (C=O) groups excluding carboxylic acids is 11. The minimum atomic E-state index is -1.05. The monoisotopic (exact) mass is 1060 g/mol. The Bertz CT molecular complexity index is 1610. The average Bonchev–Trinajstić information content (AvgIpc) is 3.57. The van der Waals surface area contributed by atoms with Crippen LogP contribution in [0.2, 0.25) is 0 Å². The van der Waals surface area contributed by atoms with E-state index in [0.29, 0.717) is 5.94 Å². The molecule has 0 bridgehead atoms. The molecule has 362 valence electrons. The van der Waals surface area contributed by atoms with E-state index in [1.165, 1.54) is 40.2 Å². The van der Waals surface area contributed by atoms with Crippen LogP contribution in [0.25, 0.3) is 0 Å². The van der Waals surface area contributed by atoms with Crippen molar-refractivity contribution in [3.05, 3.63) is 48.0 Å². The Kier molecular flexibility index (Phi) is 45.6. The number of amides is 4. The molecule has 32 heteroatoms.